The molecular formula is C46H80NO11P. The summed E-state index contributed by atoms with van der Waals surface area (Å²) in [5.41, 5.74) is 0. The molecule has 3 N–H and O–H groups in total. The van der Waals surface area contributed by atoms with Crippen LogP contribution in [-0.2, 0) is 32.7 Å². The third kappa shape index (κ3) is 39.2. The molecule has 1 unspecified atom stereocenters. The molecule has 13 heteroatoms. The Balaban J connectivity index is 4.71. The predicted octanol–water partition coefficient (Wildman–Crippen LogP) is 8.52. The van der Waals surface area contributed by atoms with Crippen molar-refractivity contribution in [1.82, 2.24) is 0 Å². The van der Waals surface area contributed by atoms with E-state index >= 15 is 0 Å². The van der Waals surface area contributed by atoms with Crippen molar-refractivity contribution < 1.29 is 57.4 Å². The lowest BCUT2D eigenvalue weighted by molar-refractivity contribution is -0.870. The van der Waals surface area contributed by atoms with E-state index in [1.807, 2.05) is 40.2 Å². The van der Waals surface area contributed by atoms with Crippen LogP contribution in [-0.4, -0.2) is 104 Å². The highest BCUT2D eigenvalue weighted by Crippen LogP contribution is 2.38. The Morgan fingerprint density at radius 3 is 1.88 bits per heavy atom. The molecule has 0 saturated carbocycles. The van der Waals surface area contributed by atoms with E-state index in [-0.39, 0.29) is 32.3 Å². The molecule has 0 aromatic heterocycles. The summed E-state index contributed by atoms with van der Waals surface area (Å²) in [4.78, 5) is 37.6. The van der Waals surface area contributed by atoms with Crippen LogP contribution in [0, 0.1) is 0 Å². The quantitative estimate of drug-likeness (QED) is 0.0136. The van der Waals surface area contributed by atoms with Gasteiger partial charge in [0.05, 0.1) is 46.1 Å². The zero-order chi connectivity index (χ0) is 44.0. The number of hydrogen-bond donors (Lipinski definition) is 3. The minimum atomic E-state index is -4.71. The highest BCUT2D eigenvalue weighted by molar-refractivity contribution is 7.45. The van der Waals surface area contributed by atoms with E-state index in [2.05, 4.69) is 19.1 Å². The largest absolute Gasteiger partial charge is 0.756 e. The number of quaternary nitrogens is 1. The lowest BCUT2D eigenvalue weighted by Gasteiger charge is -2.28. The van der Waals surface area contributed by atoms with E-state index in [9.17, 15) is 34.4 Å². The summed E-state index contributed by atoms with van der Waals surface area (Å²) in [7, 11) is 0.958. The number of likely N-dealkylation sites (N-methyl/N-ethyl adjacent to an activating group) is 1. The van der Waals surface area contributed by atoms with Crippen LogP contribution in [0.3, 0.4) is 0 Å². The average molecular weight is 854 g/mol. The molecule has 0 bridgehead atoms. The van der Waals surface area contributed by atoms with Crippen LogP contribution < -0.4 is 4.89 Å². The number of nitrogens with zero attached hydrogens (tertiary/aromatic N) is 1. The van der Waals surface area contributed by atoms with Gasteiger partial charge in [0.25, 0.3) is 7.82 Å². The number of aliphatic hydroxyl groups is 3. The molecular weight excluding hydrogens is 773 g/mol. The van der Waals surface area contributed by atoms with E-state index in [4.69, 9.17) is 18.5 Å². The number of hydrogen-bond acceptors (Lipinski definition) is 11. The molecule has 12 nitrogen and oxygen atoms in total. The highest BCUT2D eigenvalue weighted by Gasteiger charge is 2.22. The summed E-state index contributed by atoms with van der Waals surface area (Å²) in [6.07, 6.45) is 34.5. The monoisotopic (exact) mass is 854 g/mol. The SMILES string of the molecule is CC/C=C\C[C@@H](O)/C=C/C=C/C=C\C=C/[C@H](O)[C@@H](O)CCCC(=O)OC[C@H](COP(=O)([O-])OCC[N+](C)(C)C)OC(=O)CCCCCCC/C=C\CCCCCCCC. The number of phosphoric ester groups is 1. The minimum Gasteiger partial charge on any atom is -0.756 e. The van der Waals surface area contributed by atoms with Crippen LogP contribution in [0.1, 0.15) is 136 Å². The Bertz CT molecular complexity index is 1290. The van der Waals surface area contributed by atoms with Gasteiger partial charge in [-0.15, -0.1) is 0 Å². The lowest BCUT2D eigenvalue weighted by atomic mass is 10.1. The maximum atomic E-state index is 12.7. The van der Waals surface area contributed by atoms with Gasteiger partial charge in [-0.1, -0.05) is 138 Å². The number of carbonyl (C=O) groups is 2. The van der Waals surface area contributed by atoms with Gasteiger partial charge in [-0.3, -0.25) is 14.2 Å². The fourth-order valence-electron chi connectivity index (χ4n) is 5.46. The van der Waals surface area contributed by atoms with Crippen molar-refractivity contribution >= 4 is 19.8 Å². The maximum absolute atomic E-state index is 12.7. The zero-order valence-electron chi connectivity index (χ0n) is 37.0. The summed E-state index contributed by atoms with van der Waals surface area (Å²) < 4.78 is 33.6. The van der Waals surface area contributed by atoms with Crippen LogP contribution in [0.5, 0.6) is 0 Å². The second-order valence-corrected chi connectivity index (χ2v) is 17.3. The number of esters is 2. The number of allylic oxidation sites excluding steroid dienone is 9. The molecule has 0 saturated heterocycles. The molecule has 0 aliphatic heterocycles. The number of phosphoric acid groups is 1. The zero-order valence-corrected chi connectivity index (χ0v) is 37.9. The molecule has 0 aliphatic carbocycles. The van der Waals surface area contributed by atoms with Crippen molar-refractivity contribution in [2.24, 2.45) is 0 Å². The van der Waals surface area contributed by atoms with Crippen molar-refractivity contribution in [2.75, 3.05) is 47.5 Å². The Kier molecular flexibility index (Phi) is 35.4. The van der Waals surface area contributed by atoms with E-state index < -0.39 is 57.4 Å². The first-order valence-electron chi connectivity index (χ1n) is 22.0. The number of unbranched alkanes of at least 4 members (excludes halogenated alkanes) is 11. The van der Waals surface area contributed by atoms with Crippen LogP contribution in [0.4, 0.5) is 0 Å². The summed E-state index contributed by atoms with van der Waals surface area (Å²) in [6, 6.07) is 0. The van der Waals surface area contributed by atoms with Crippen molar-refractivity contribution in [3.8, 4) is 0 Å². The smallest absolute Gasteiger partial charge is 0.306 e. The Labute approximate surface area is 356 Å². The number of ether oxygens (including phenoxy) is 2. The molecule has 0 aromatic rings. The van der Waals surface area contributed by atoms with Crippen molar-refractivity contribution in [3.05, 3.63) is 72.9 Å². The molecule has 0 radical (unpaired) electrons. The van der Waals surface area contributed by atoms with Gasteiger partial charge in [-0.2, -0.15) is 0 Å². The van der Waals surface area contributed by atoms with Crippen molar-refractivity contribution in [1.29, 1.82) is 0 Å². The number of rotatable bonds is 38. The Morgan fingerprint density at radius 1 is 0.678 bits per heavy atom. The van der Waals surface area contributed by atoms with Gasteiger partial charge >= 0.3 is 11.9 Å². The third-order valence-corrected chi connectivity index (χ3v) is 10.0. The minimum absolute atomic E-state index is 0.0834. The van der Waals surface area contributed by atoms with Crippen LogP contribution in [0.15, 0.2) is 72.9 Å². The second-order valence-electron chi connectivity index (χ2n) is 15.9. The van der Waals surface area contributed by atoms with Crippen LogP contribution in [0.25, 0.3) is 0 Å². The number of carbonyl (C=O) groups excluding carboxylic acids is 2. The highest BCUT2D eigenvalue weighted by atomic mass is 31.2. The topological polar surface area (TPSA) is 172 Å². The van der Waals surface area contributed by atoms with E-state index in [1.54, 1.807) is 42.5 Å². The Morgan fingerprint density at radius 2 is 1.25 bits per heavy atom. The first-order chi connectivity index (χ1) is 28.2. The van der Waals surface area contributed by atoms with Gasteiger partial charge in [-0.25, -0.2) is 0 Å². The molecule has 340 valence electrons. The summed E-state index contributed by atoms with van der Waals surface area (Å²) in [6.45, 7) is 3.60. The molecule has 0 fully saturated rings. The molecule has 0 aliphatic rings. The van der Waals surface area contributed by atoms with Gasteiger partial charge in [0.1, 0.15) is 19.8 Å². The Hall–Kier alpha value is -2.67. The summed E-state index contributed by atoms with van der Waals surface area (Å²) >= 11 is 0. The van der Waals surface area contributed by atoms with Crippen molar-refractivity contribution in [2.45, 2.75) is 160 Å². The summed E-state index contributed by atoms with van der Waals surface area (Å²) in [5.74, 6) is -1.18. The molecule has 0 rings (SSSR count). The predicted molar refractivity (Wildman–Crippen MR) is 235 cm³/mol. The normalized spacial score (nSPS) is 15.9. The molecule has 0 aromatic carbocycles. The average Bonchev–Trinajstić information content (AvgIpc) is 3.17. The lowest BCUT2D eigenvalue weighted by Crippen LogP contribution is -2.37. The first-order valence-corrected chi connectivity index (χ1v) is 23.4. The standard InChI is InChI=1S/C46H80NO11P/c1-6-8-10-11-12-13-14-15-16-17-18-19-20-25-29-35-46(52)58-42(40-57-59(53,54)56-38-37-47(3,4)5)39-55-45(51)36-30-34-44(50)43(49)33-28-24-22-21-23-27-32-41(48)31-26-9-7-2/h9,15-16,21-24,26-28,32-33,41-44,48-50H,6-8,10-14,17-20,25,29-31,34-40H2,1-5H3/b16-15-,23-21+,24-22-,26-9-,32-27+,33-28-/t41-,42-,43+,44+/m1/s1. The van der Waals surface area contributed by atoms with Crippen molar-refractivity contribution in [3.63, 3.8) is 0 Å². The van der Waals surface area contributed by atoms with E-state index in [1.165, 1.54) is 44.6 Å². The maximum Gasteiger partial charge on any atom is 0.306 e. The molecule has 0 spiro atoms. The molecule has 0 amide bonds. The summed E-state index contributed by atoms with van der Waals surface area (Å²) in [5, 5.41) is 30.4. The van der Waals surface area contributed by atoms with Gasteiger partial charge in [0.2, 0.25) is 0 Å². The second kappa shape index (κ2) is 37.1. The van der Waals surface area contributed by atoms with E-state index in [0.29, 0.717) is 23.9 Å². The van der Waals surface area contributed by atoms with Gasteiger partial charge in [0, 0.05) is 12.8 Å². The fourth-order valence-corrected chi connectivity index (χ4v) is 6.19. The van der Waals surface area contributed by atoms with Crippen LogP contribution >= 0.6 is 7.82 Å². The van der Waals surface area contributed by atoms with Crippen LogP contribution in [0.2, 0.25) is 0 Å². The third-order valence-electron chi connectivity index (χ3n) is 9.05. The number of aliphatic hydroxyl groups excluding tert-OH is 3. The first kappa shape index (κ1) is 56.3. The van der Waals surface area contributed by atoms with Gasteiger partial charge in [-0.05, 0) is 57.8 Å². The molecule has 0 heterocycles. The van der Waals surface area contributed by atoms with Gasteiger partial charge < -0.3 is 43.2 Å². The fraction of sp³-hybridized carbons (Fsp3) is 0.696. The molecule has 5 atom stereocenters. The van der Waals surface area contributed by atoms with E-state index in [0.717, 1.165) is 44.9 Å². The van der Waals surface area contributed by atoms with Gasteiger partial charge in [0.15, 0.2) is 6.10 Å². The molecule has 59 heavy (non-hydrogen) atoms.